The summed E-state index contributed by atoms with van der Waals surface area (Å²) in [7, 11) is 0. The lowest BCUT2D eigenvalue weighted by atomic mass is 10.1. The predicted molar refractivity (Wildman–Crippen MR) is 70.5 cm³/mol. The largest absolute Gasteiger partial charge is 0.409 e. The van der Waals surface area contributed by atoms with Gasteiger partial charge in [0.2, 0.25) is 0 Å². The van der Waals surface area contributed by atoms with Crippen LogP contribution in [0.1, 0.15) is 10.4 Å². The molecule has 1 aromatic carbocycles. The van der Waals surface area contributed by atoms with Gasteiger partial charge in [0.15, 0.2) is 5.84 Å². The highest BCUT2D eigenvalue weighted by atomic mass is 35.5. The highest BCUT2D eigenvalue weighted by Crippen LogP contribution is 2.18. The summed E-state index contributed by atoms with van der Waals surface area (Å²) in [6, 6.07) is 3.85. The summed E-state index contributed by atoms with van der Waals surface area (Å²) in [5.74, 6) is -1.30. The lowest BCUT2D eigenvalue weighted by Crippen LogP contribution is -2.50. The number of carbonyl (C=O) groups excluding carboxylic acids is 1. The van der Waals surface area contributed by atoms with Crippen LogP contribution in [0.25, 0.3) is 0 Å². The molecule has 1 aromatic rings. The van der Waals surface area contributed by atoms with E-state index in [4.69, 9.17) is 27.3 Å². The Morgan fingerprint density at radius 3 is 3.00 bits per heavy atom. The molecule has 0 bridgehead atoms. The Morgan fingerprint density at radius 1 is 1.60 bits per heavy atom. The predicted octanol–water partition coefficient (Wildman–Crippen LogP) is 1.07. The molecule has 0 spiro atoms. The fourth-order valence-corrected chi connectivity index (χ4v) is 2.07. The highest BCUT2D eigenvalue weighted by molar-refractivity contribution is 6.30. The molecule has 1 amide bonds. The fraction of sp³-hybridized carbons (Fsp3) is 0.333. The van der Waals surface area contributed by atoms with Gasteiger partial charge in [0.25, 0.3) is 5.91 Å². The summed E-state index contributed by atoms with van der Waals surface area (Å²) in [6.45, 7) is 0.620. The van der Waals surface area contributed by atoms with Crippen LogP contribution in [0.2, 0.25) is 5.02 Å². The minimum atomic E-state index is -0.701. The number of amides is 1. The maximum Gasteiger partial charge on any atom is 0.257 e. The first-order chi connectivity index (χ1) is 9.52. The molecular weight excluding hydrogens is 289 g/mol. The zero-order valence-electron chi connectivity index (χ0n) is 10.4. The standard InChI is InChI=1S/C12H13ClFN3O3/c13-7-1-2-8(9(14)5-7)12(18)17-3-4-20-10(6-17)11(15)16-19/h1-2,5,10,19H,3-4,6H2,(H2,15,16). The second-order valence-electron chi connectivity index (χ2n) is 4.26. The SMILES string of the molecule is NC(=NO)C1CN(C(=O)c2ccc(Cl)cc2F)CCO1. The van der Waals surface area contributed by atoms with E-state index in [1.165, 1.54) is 17.0 Å². The summed E-state index contributed by atoms with van der Waals surface area (Å²) in [4.78, 5) is 13.6. The Kier molecular flexibility index (Phi) is 4.41. The molecule has 108 valence electrons. The van der Waals surface area contributed by atoms with Crippen molar-refractivity contribution in [1.29, 1.82) is 0 Å². The van der Waals surface area contributed by atoms with Crippen LogP contribution >= 0.6 is 11.6 Å². The number of nitrogens with zero attached hydrogens (tertiary/aromatic N) is 2. The molecule has 0 saturated carbocycles. The maximum atomic E-state index is 13.7. The van der Waals surface area contributed by atoms with Crippen molar-refractivity contribution in [3.63, 3.8) is 0 Å². The van der Waals surface area contributed by atoms with E-state index >= 15 is 0 Å². The Hall–Kier alpha value is -1.86. The van der Waals surface area contributed by atoms with Gasteiger partial charge in [-0.05, 0) is 18.2 Å². The molecule has 1 aliphatic rings. The molecular formula is C12H13ClFN3O3. The Labute approximate surface area is 119 Å². The van der Waals surface area contributed by atoms with Gasteiger partial charge in [0, 0.05) is 11.6 Å². The van der Waals surface area contributed by atoms with Crippen LogP contribution in [0.3, 0.4) is 0 Å². The molecule has 3 N–H and O–H groups in total. The smallest absolute Gasteiger partial charge is 0.257 e. The number of benzene rings is 1. The molecule has 1 unspecified atom stereocenters. The Morgan fingerprint density at radius 2 is 2.35 bits per heavy atom. The van der Waals surface area contributed by atoms with Crippen LogP contribution < -0.4 is 5.73 Å². The average Bonchev–Trinajstić information content (AvgIpc) is 2.46. The molecule has 0 aliphatic carbocycles. The molecule has 0 aromatic heterocycles. The van der Waals surface area contributed by atoms with E-state index in [0.29, 0.717) is 6.54 Å². The lowest BCUT2D eigenvalue weighted by Gasteiger charge is -2.32. The topological polar surface area (TPSA) is 88.2 Å². The normalized spacial score (nSPS) is 20.0. The van der Waals surface area contributed by atoms with Gasteiger partial charge in [-0.25, -0.2) is 4.39 Å². The number of ether oxygens (including phenoxy) is 1. The quantitative estimate of drug-likeness (QED) is 0.370. The number of nitrogens with two attached hydrogens (primary N) is 1. The number of halogens is 2. The van der Waals surface area contributed by atoms with Crippen molar-refractivity contribution in [3.05, 3.63) is 34.6 Å². The van der Waals surface area contributed by atoms with E-state index in [1.807, 2.05) is 0 Å². The van der Waals surface area contributed by atoms with Crippen LogP contribution in [-0.4, -0.2) is 47.7 Å². The van der Waals surface area contributed by atoms with Gasteiger partial charge in [-0.1, -0.05) is 16.8 Å². The van der Waals surface area contributed by atoms with E-state index in [0.717, 1.165) is 6.07 Å². The number of hydrogen-bond acceptors (Lipinski definition) is 4. The van der Waals surface area contributed by atoms with E-state index in [9.17, 15) is 9.18 Å². The maximum absolute atomic E-state index is 13.7. The van der Waals surface area contributed by atoms with Crippen LogP contribution in [0.15, 0.2) is 23.4 Å². The van der Waals surface area contributed by atoms with E-state index in [2.05, 4.69) is 5.16 Å². The van der Waals surface area contributed by atoms with Gasteiger partial charge in [0.05, 0.1) is 18.7 Å². The molecule has 1 fully saturated rings. The van der Waals surface area contributed by atoms with Gasteiger partial charge in [0.1, 0.15) is 11.9 Å². The molecule has 6 nitrogen and oxygen atoms in total. The molecule has 1 aliphatic heterocycles. The number of carbonyl (C=O) groups is 1. The highest BCUT2D eigenvalue weighted by Gasteiger charge is 2.28. The lowest BCUT2D eigenvalue weighted by molar-refractivity contribution is 0.00654. The third-order valence-electron chi connectivity index (χ3n) is 2.96. The zero-order chi connectivity index (χ0) is 14.7. The first-order valence-electron chi connectivity index (χ1n) is 5.86. The number of rotatable bonds is 2. The van der Waals surface area contributed by atoms with Crippen molar-refractivity contribution in [2.24, 2.45) is 10.9 Å². The van der Waals surface area contributed by atoms with Gasteiger partial charge in [-0.3, -0.25) is 4.79 Å². The molecule has 0 radical (unpaired) electrons. The summed E-state index contributed by atoms with van der Waals surface area (Å²) < 4.78 is 19.0. The van der Waals surface area contributed by atoms with Crippen LogP contribution in [0, 0.1) is 5.82 Å². The summed E-state index contributed by atoms with van der Waals surface area (Å²) in [6.07, 6.45) is -0.701. The van der Waals surface area contributed by atoms with Crippen molar-refractivity contribution < 1.29 is 19.1 Å². The molecule has 20 heavy (non-hydrogen) atoms. The average molecular weight is 302 g/mol. The van der Waals surface area contributed by atoms with Gasteiger partial charge < -0.3 is 20.6 Å². The second-order valence-corrected chi connectivity index (χ2v) is 4.70. The van der Waals surface area contributed by atoms with Crippen molar-refractivity contribution in [3.8, 4) is 0 Å². The van der Waals surface area contributed by atoms with Gasteiger partial charge in [-0.2, -0.15) is 0 Å². The Balaban J connectivity index is 2.16. The number of hydrogen-bond donors (Lipinski definition) is 2. The minimum absolute atomic E-state index is 0.0745. The van der Waals surface area contributed by atoms with E-state index < -0.39 is 17.8 Å². The molecule has 2 rings (SSSR count). The van der Waals surface area contributed by atoms with Gasteiger partial charge in [-0.15, -0.1) is 0 Å². The van der Waals surface area contributed by atoms with Gasteiger partial charge >= 0.3 is 0 Å². The van der Waals surface area contributed by atoms with Crippen LogP contribution in [-0.2, 0) is 4.74 Å². The summed E-state index contributed by atoms with van der Waals surface area (Å²) in [5, 5.41) is 11.7. The monoisotopic (exact) mass is 301 g/mol. The number of amidine groups is 1. The third-order valence-corrected chi connectivity index (χ3v) is 3.20. The van der Waals surface area contributed by atoms with Crippen LogP contribution in [0.5, 0.6) is 0 Å². The summed E-state index contributed by atoms with van der Waals surface area (Å²) in [5.41, 5.74) is 5.37. The molecule has 8 heteroatoms. The van der Waals surface area contributed by atoms with E-state index in [1.54, 1.807) is 0 Å². The summed E-state index contributed by atoms with van der Waals surface area (Å²) >= 11 is 5.65. The zero-order valence-corrected chi connectivity index (χ0v) is 11.2. The first-order valence-corrected chi connectivity index (χ1v) is 6.24. The third kappa shape index (κ3) is 3.00. The number of oxime groups is 1. The fourth-order valence-electron chi connectivity index (χ4n) is 1.91. The van der Waals surface area contributed by atoms with E-state index in [-0.39, 0.29) is 29.6 Å². The van der Waals surface area contributed by atoms with Crippen molar-refractivity contribution in [2.75, 3.05) is 19.7 Å². The minimum Gasteiger partial charge on any atom is -0.409 e. The van der Waals surface area contributed by atoms with Crippen LogP contribution in [0.4, 0.5) is 4.39 Å². The van der Waals surface area contributed by atoms with Crippen molar-refractivity contribution in [2.45, 2.75) is 6.10 Å². The molecule has 1 saturated heterocycles. The van der Waals surface area contributed by atoms with Crippen molar-refractivity contribution >= 4 is 23.3 Å². The van der Waals surface area contributed by atoms with Crippen molar-refractivity contribution in [1.82, 2.24) is 4.90 Å². The second kappa shape index (κ2) is 6.06. The number of morpholine rings is 1. The Bertz CT molecular complexity index is 553. The molecule has 1 heterocycles. The molecule has 1 atom stereocenters. The first kappa shape index (κ1) is 14.5.